The molecule has 0 aliphatic carbocycles. The fraction of sp³-hybridized carbons (Fsp3) is 0.353. The maximum atomic E-state index is 4.10. The predicted molar refractivity (Wildman–Crippen MR) is 80.2 cm³/mol. The Kier molecular flexibility index (Phi) is 5.10. The lowest BCUT2D eigenvalue weighted by atomic mass is 9.98. The molecule has 100 valence electrons. The lowest BCUT2D eigenvalue weighted by Gasteiger charge is -2.19. The average Bonchev–Trinajstić information content (AvgIpc) is 2.44. The molecule has 1 heterocycles. The van der Waals surface area contributed by atoms with Crippen LogP contribution in [-0.2, 0) is 6.42 Å². The van der Waals surface area contributed by atoms with Crippen molar-refractivity contribution in [1.82, 2.24) is 10.3 Å². The van der Waals surface area contributed by atoms with E-state index in [1.807, 2.05) is 12.4 Å². The molecule has 0 aliphatic heterocycles. The number of nitrogens with one attached hydrogen (secondary N) is 1. The van der Waals surface area contributed by atoms with Crippen LogP contribution < -0.4 is 5.32 Å². The number of rotatable bonds is 6. The third kappa shape index (κ3) is 4.18. The molecule has 0 spiro atoms. The molecule has 1 unspecified atom stereocenters. The van der Waals surface area contributed by atoms with Crippen LogP contribution >= 0.6 is 0 Å². The maximum Gasteiger partial charge on any atom is 0.0361 e. The molecule has 0 saturated heterocycles. The minimum atomic E-state index is 0.366. The molecule has 0 bridgehead atoms. The van der Waals surface area contributed by atoms with E-state index < -0.39 is 0 Å². The lowest BCUT2D eigenvalue weighted by molar-refractivity contribution is 0.529. The monoisotopic (exact) mass is 254 g/mol. The highest BCUT2D eigenvalue weighted by Crippen LogP contribution is 2.18. The molecule has 0 radical (unpaired) electrons. The number of aryl methyl sites for hydroxylation is 1. The smallest absolute Gasteiger partial charge is 0.0361 e. The van der Waals surface area contributed by atoms with Crippen LogP contribution in [0.5, 0.6) is 0 Å². The van der Waals surface area contributed by atoms with Gasteiger partial charge in [-0.2, -0.15) is 0 Å². The van der Waals surface area contributed by atoms with Crippen molar-refractivity contribution in [3.8, 4) is 0 Å². The molecule has 2 heteroatoms. The molecule has 1 N–H and O–H groups in total. The largest absolute Gasteiger partial charge is 0.310 e. The van der Waals surface area contributed by atoms with Crippen LogP contribution in [0.4, 0.5) is 0 Å². The molecular weight excluding hydrogens is 232 g/mol. The van der Waals surface area contributed by atoms with E-state index in [-0.39, 0.29) is 0 Å². The summed E-state index contributed by atoms with van der Waals surface area (Å²) < 4.78 is 0. The predicted octanol–water partition coefficient (Wildman–Crippen LogP) is 3.67. The van der Waals surface area contributed by atoms with Crippen molar-refractivity contribution >= 4 is 0 Å². The highest BCUT2D eigenvalue weighted by Gasteiger charge is 2.11. The molecule has 2 rings (SSSR count). The standard InChI is InChI=1S/C17H22N2/c1-3-9-19-17(16-7-10-18-11-8-16)13-15-6-4-5-14(2)12-15/h4-8,10-12,17,19H,3,9,13H2,1-2H3. The number of hydrogen-bond donors (Lipinski definition) is 1. The zero-order chi connectivity index (χ0) is 13.5. The van der Waals surface area contributed by atoms with Crippen molar-refractivity contribution in [3.05, 3.63) is 65.5 Å². The Morgan fingerprint density at radius 2 is 1.95 bits per heavy atom. The normalized spacial score (nSPS) is 12.3. The summed E-state index contributed by atoms with van der Waals surface area (Å²) in [5.41, 5.74) is 4.01. The van der Waals surface area contributed by atoms with Crippen LogP contribution in [0.3, 0.4) is 0 Å². The van der Waals surface area contributed by atoms with E-state index in [9.17, 15) is 0 Å². The molecule has 2 nitrogen and oxygen atoms in total. The van der Waals surface area contributed by atoms with Gasteiger partial charge in [0.25, 0.3) is 0 Å². The van der Waals surface area contributed by atoms with Crippen molar-refractivity contribution in [3.63, 3.8) is 0 Å². The Morgan fingerprint density at radius 3 is 2.63 bits per heavy atom. The second-order valence-electron chi connectivity index (χ2n) is 4.98. The number of hydrogen-bond acceptors (Lipinski definition) is 2. The van der Waals surface area contributed by atoms with Crippen molar-refractivity contribution in [2.75, 3.05) is 6.54 Å². The molecule has 0 amide bonds. The van der Waals surface area contributed by atoms with E-state index in [1.54, 1.807) is 0 Å². The van der Waals surface area contributed by atoms with Gasteiger partial charge in [-0.05, 0) is 49.6 Å². The molecule has 0 aliphatic rings. The van der Waals surface area contributed by atoms with Gasteiger partial charge >= 0.3 is 0 Å². The number of nitrogens with zero attached hydrogens (tertiary/aromatic N) is 1. The molecule has 0 fully saturated rings. The Labute approximate surface area is 115 Å². The van der Waals surface area contributed by atoms with Gasteiger partial charge < -0.3 is 5.32 Å². The van der Waals surface area contributed by atoms with E-state index in [4.69, 9.17) is 0 Å². The minimum Gasteiger partial charge on any atom is -0.310 e. The lowest BCUT2D eigenvalue weighted by Crippen LogP contribution is -2.24. The quantitative estimate of drug-likeness (QED) is 0.850. The Morgan fingerprint density at radius 1 is 1.16 bits per heavy atom. The topological polar surface area (TPSA) is 24.9 Å². The first-order valence-electron chi connectivity index (χ1n) is 6.98. The fourth-order valence-electron chi connectivity index (χ4n) is 2.30. The van der Waals surface area contributed by atoms with E-state index >= 15 is 0 Å². The molecule has 2 aromatic rings. The first-order chi connectivity index (χ1) is 9.29. The molecule has 1 atom stereocenters. The molecule has 1 aromatic heterocycles. The second-order valence-corrected chi connectivity index (χ2v) is 4.98. The number of aromatic nitrogens is 1. The first kappa shape index (κ1) is 13.8. The van der Waals surface area contributed by atoms with Crippen molar-refractivity contribution in [1.29, 1.82) is 0 Å². The highest BCUT2D eigenvalue weighted by molar-refractivity contribution is 5.25. The van der Waals surface area contributed by atoms with E-state index in [0.717, 1.165) is 19.4 Å². The molecule has 0 saturated carbocycles. The summed E-state index contributed by atoms with van der Waals surface area (Å²) in [6.07, 6.45) is 5.90. The summed E-state index contributed by atoms with van der Waals surface area (Å²) in [5, 5.41) is 3.63. The summed E-state index contributed by atoms with van der Waals surface area (Å²) in [6.45, 7) is 5.38. The van der Waals surface area contributed by atoms with Crippen molar-refractivity contribution < 1.29 is 0 Å². The Balaban J connectivity index is 2.14. The van der Waals surface area contributed by atoms with Gasteiger partial charge in [-0.25, -0.2) is 0 Å². The maximum absolute atomic E-state index is 4.10. The number of pyridine rings is 1. The van der Waals surface area contributed by atoms with Crippen LogP contribution in [0.1, 0.15) is 36.1 Å². The zero-order valence-corrected chi connectivity index (χ0v) is 11.8. The summed E-state index contributed by atoms with van der Waals surface area (Å²) in [4.78, 5) is 4.10. The van der Waals surface area contributed by atoms with E-state index in [2.05, 4.69) is 60.5 Å². The highest BCUT2D eigenvalue weighted by atomic mass is 14.9. The molecular formula is C17H22N2. The van der Waals surface area contributed by atoms with Gasteiger partial charge in [0.05, 0.1) is 0 Å². The average molecular weight is 254 g/mol. The van der Waals surface area contributed by atoms with E-state index in [0.29, 0.717) is 6.04 Å². The van der Waals surface area contributed by atoms with E-state index in [1.165, 1.54) is 16.7 Å². The van der Waals surface area contributed by atoms with Gasteiger partial charge in [0.1, 0.15) is 0 Å². The van der Waals surface area contributed by atoms with Crippen LogP contribution in [0.15, 0.2) is 48.8 Å². The summed E-state index contributed by atoms with van der Waals surface area (Å²) >= 11 is 0. The van der Waals surface area contributed by atoms with Gasteiger partial charge in [0.2, 0.25) is 0 Å². The minimum absolute atomic E-state index is 0.366. The summed E-state index contributed by atoms with van der Waals surface area (Å²) in [6, 6.07) is 13.3. The van der Waals surface area contributed by atoms with Gasteiger partial charge in [-0.15, -0.1) is 0 Å². The van der Waals surface area contributed by atoms with Crippen LogP contribution in [0, 0.1) is 6.92 Å². The van der Waals surface area contributed by atoms with Gasteiger partial charge in [-0.1, -0.05) is 36.8 Å². The third-order valence-electron chi connectivity index (χ3n) is 3.27. The third-order valence-corrected chi connectivity index (χ3v) is 3.27. The molecule has 19 heavy (non-hydrogen) atoms. The SMILES string of the molecule is CCCNC(Cc1cccc(C)c1)c1ccncc1. The van der Waals surface area contributed by atoms with Gasteiger partial charge in [0.15, 0.2) is 0 Å². The van der Waals surface area contributed by atoms with Gasteiger partial charge in [-0.3, -0.25) is 4.98 Å². The van der Waals surface area contributed by atoms with Crippen molar-refractivity contribution in [2.45, 2.75) is 32.7 Å². The van der Waals surface area contributed by atoms with Gasteiger partial charge in [0, 0.05) is 18.4 Å². The number of benzene rings is 1. The van der Waals surface area contributed by atoms with Crippen LogP contribution in [0.2, 0.25) is 0 Å². The zero-order valence-electron chi connectivity index (χ0n) is 11.8. The van der Waals surface area contributed by atoms with Crippen molar-refractivity contribution in [2.24, 2.45) is 0 Å². The Bertz CT molecular complexity index is 494. The Hall–Kier alpha value is -1.67. The second kappa shape index (κ2) is 7.05. The first-order valence-corrected chi connectivity index (χ1v) is 6.98. The van der Waals surface area contributed by atoms with Crippen LogP contribution in [-0.4, -0.2) is 11.5 Å². The fourth-order valence-corrected chi connectivity index (χ4v) is 2.30. The molecule has 1 aromatic carbocycles. The summed E-state index contributed by atoms with van der Waals surface area (Å²) in [7, 11) is 0. The summed E-state index contributed by atoms with van der Waals surface area (Å²) in [5.74, 6) is 0. The van der Waals surface area contributed by atoms with Crippen LogP contribution in [0.25, 0.3) is 0 Å².